The summed E-state index contributed by atoms with van der Waals surface area (Å²) in [7, 11) is 0. The molecule has 1 amide bonds. The predicted molar refractivity (Wildman–Crippen MR) is 104 cm³/mol. The van der Waals surface area contributed by atoms with E-state index in [1.807, 2.05) is 36.6 Å². The molecule has 1 N–H and O–H groups in total. The van der Waals surface area contributed by atoms with Crippen LogP contribution in [0.15, 0.2) is 46.0 Å². The predicted octanol–water partition coefficient (Wildman–Crippen LogP) is 1.30. The molecule has 0 unspecified atom stereocenters. The van der Waals surface area contributed by atoms with E-state index in [0.29, 0.717) is 24.2 Å². The maximum atomic E-state index is 12.4. The van der Waals surface area contributed by atoms with Crippen LogP contribution in [-0.4, -0.2) is 26.6 Å². The SMILES string of the molecule is Cc1cc(C)n(CCNC(=O)Cn2c(C)cc(=O)c3ccccc32)c(=O)n1. The van der Waals surface area contributed by atoms with Gasteiger partial charge in [0.1, 0.15) is 6.54 Å². The van der Waals surface area contributed by atoms with E-state index >= 15 is 0 Å². The van der Waals surface area contributed by atoms with Gasteiger partial charge in [0.2, 0.25) is 5.91 Å². The van der Waals surface area contributed by atoms with Gasteiger partial charge in [0.25, 0.3) is 0 Å². The van der Waals surface area contributed by atoms with Crippen LogP contribution in [-0.2, 0) is 17.9 Å². The second-order valence-electron chi connectivity index (χ2n) is 6.58. The number of pyridine rings is 1. The van der Waals surface area contributed by atoms with Gasteiger partial charge >= 0.3 is 5.69 Å². The largest absolute Gasteiger partial charge is 0.353 e. The minimum absolute atomic E-state index is 0.0542. The summed E-state index contributed by atoms with van der Waals surface area (Å²) < 4.78 is 3.35. The summed E-state index contributed by atoms with van der Waals surface area (Å²) in [6.45, 7) is 6.20. The maximum absolute atomic E-state index is 12.4. The van der Waals surface area contributed by atoms with Gasteiger partial charge < -0.3 is 9.88 Å². The molecule has 0 radical (unpaired) electrons. The van der Waals surface area contributed by atoms with Gasteiger partial charge in [-0.1, -0.05) is 12.1 Å². The van der Waals surface area contributed by atoms with Crippen LogP contribution in [0.4, 0.5) is 0 Å². The van der Waals surface area contributed by atoms with Gasteiger partial charge in [0, 0.05) is 41.6 Å². The number of aromatic nitrogens is 3. The molecule has 0 atom stereocenters. The topological polar surface area (TPSA) is 86.0 Å². The number of hydrogen-bond acceptors (Lipinski definition) is 4. The minimum Gasteiger partial charge on any atom is -0.353 e. The third-order valence-electron chi connectivity index (χ3n) is 4.53. The Morgan fingerprint density at radius 1 is 1.04 bits per heavy atom. The van der Waals surface area contributed by atoms with Crippen LogP contribution in [0.3, 0.4) is 0 Å². The van der Waals surface area contributed by atoms with Crippen LogP contribution in [0, 0.1) is 20.8 Å². The molecule has 7 nitrogen and oxygen atoms in total. The lowest BCUT2D eigenvalue weighted by Crippen LogP contribution is -2.35. The Labute approximate surface area is 156 Å². The molecular formula is C20H22N4O3. The Bertz CT molecular complexity index is 1130. The number of nitrogens with one attached hydrogen (secondary N) is 1. The fourth-order valence-corrected chi connectivity index (χ4v) is 3.22. The minimum atomic E-state index is -0.316. The molecule has 0 aliphatic rings. The van der Waals surface area contributed by atoms with E-state index in [4.69, 9.17) is 0 Å². The molecule has 7 heteroatoms. The fourth-order valence-electron chi connectivity index (χ4n) is 3.22. The van der Waals surface area contributed by atoms with Crippen LogP contribution < -0.4 is 16.4 Å². The fraction of sp³-hybridized carbons (Fsp3) is 0.300. The number of carbonyl (C=O) groups excluding carboxylic acids is 1. The molecule has 27 heavy (non-hydrogen) atoms. The number of para-hydroxylation sites is 1. The van der Waals surface area contributed by atoms with E-state index in [1.165, 1.54) is 10.6 Å². The number of benzene rings is 1. The lowest BCUT2D eigenvalue weighted by Gasteiger charge is -2.15. The summed E-state index contributed by atoms with van der Waals surface area (Å²) in [4.78, 5) is 40.4. The second kappa shape index (κ2) is 7.57. The van der Waals surface area contributed by atoms with Crippen LogP contribution in [0.25, 0.3) is 10.9 Å². The number of aryl methyl sites for hydroxylation is 3. The van der Waals surface area contributed by atoms with Crippen LogP contribution >= 0.6 is 0 Å². The number of nitrogens with zero attached hydrogens (tertiary/aromatic N) is 3. The lowest BCUT2D eigenvalue weighted by atomic mass is 10.2. The molecule has 0 fully saturated rings. The summed E-state index contributed by atoms with van der Waals surface area (Å²) in [6.07, 6.45) is 0. The average Bonchev–Trinajstić information content (AvgIpc) is 2.61. The van der Waals surface area contributed by atoms with Crippen molar-refractivity contribution in [1.82, 2.24) is 19.4 Å². The van der Waals surface area contributed by atoms with Gasteiger partial charge in [-0.05, 0) is 39.0 Å². The van der Waals surface area contributed by atoms with Gasteiger partial charge in [0.05, 0.1) is 5.52 Å². The maximum Gasteiger partial charge on any atom is 0.348 e. The first-order chi connectivity index (χ1) is 12.9. The highest BCUT2D eigenvalue weighted by Gasteiger charge is 2.10. The Balaban J connectivity index is 1.72. The van der Waals surface area contributed by atoms with Crippen molar-refractivity contribution >= 4 is 16.8 Å². The van der Waals surface area contributed by atoms with Crippen molar-refractivity contribution in [3.8, 4) is 0 Å². The van der Waals surface area contributed by atoms with E-state index in [2.05, 4.69) is 10.3 Å². The van der Waals surface area contributed by atoms with Gasteiger partial charge in [-0.3, -0.25) is 14.2 Å². The van der Waals surface area contributed by atoms with Gasteiger partial charge in [-0.15, -0.1) is 0 Å². The first-order valence-electron chi connectivity index (χ1n) is 8.78. The van der Waals surface area contributed by atoms with Gasteiger partial charge in [-0.2, -0.15) is 4.98 Å². The molecule has 0 spiro atoms. The summed E-state index contributed by atoms with van der Waals surface area (Å²) >= 11 is 0. The van der Waals surface area contributed by atoms with Crippen molar-refractivity contribution in [3.05, 3.63) is 74.2 Å². The smallest absolute Gasteiger partial charge is 0.348 e. The van der Waals surface area contributed by atoms with Crippen LogP contribution in [0.1, 0.15) is 17.1 Å². The van der Waals surface area contributed by atoms with Crippen molar-refractivity contribution in [2.24, 2.45) is 0 Å². The number of amides is 1. The van der Waals surface area contributed by atoms with Crippen molar-refractivity contribution in [2.75, 3.05) is 6.54 Å². The molecule has 2 heterocycles. The standard InChI is InChI=1S/C20H22N4O3/c1-13-10-14(2)23(20(27)22-13)9-8-21-19(26)12-24-15(3)11-18(25)16-6-4-5-7-17(16)24/h4-7,10-11H,8-9,12H2,1-3H3,(H,21,26). The van der Waals surface area contributed by atoms with Crippen LogP contribution in [0.2, 0.25) is 0 Å². The molecule has 0 saturated heterocycles. The second-order valence-corrected chi connectivity index (χ2v) is 6.58. The monoisotopic (exact) mass is 366 g/mol. The summed E-state index contributed by atoms with van der Waals surface area (Å²) in [5, 5.41) is 3.42. The molecule has 0 aliphatic carbocycles. The van der Waals surface area contributed by atoms with E-state index < -0.39 is 0 Å². The zero-order chi connectivity index (χ0) is 19.6. The van der Waals surface area contributed by atoms with Crippen molar-refractivity contribution in [1.29, 1.82) is 0 Å². The molecule has 2 aromatic heterocycles. The molecule has 0 bridgehead atoms. The third-order valence-corrected chi connectivity index (χ3v) is 4.53. The van der Waals surface area contributed by atoms with E-state index in [9.17, 15) is 14.4 Å². The van der Waals surface area contributed by atoms with Crippen molar-refractivity contribution in [3.63, 3.8) is 0 Å². The van der Waals surface area contributed by atoms with Gasteiger partial charge in [0.15, 0.2) is 5.43 Å². The number of carbonyl (C=O) groups is 1. The zero-order valence-electron chi connectivity index (χ0n) is 15.7. The molecule has 3 aromatic rings. The quantitative estimate of drug-likeness (QED) is 0.737. The van der Waals surface area contributed by atoms with Crippen LogP contribution in [0.5, 0.6) is 0 Å². The average molecular weight is 366 g/mol. The highest BCUT2D eigenvalue weighted by atomic mass is 16.2. The van der Waals surface area contributed by atoms with E-state index in [0.717, 1.165) is 16.9 Å². The summed E-state index contributed by atoms with van der Waals surface area (Å²) in [5.74, 6) is -0.183. The lowest BCUT2D eigenvalue weighted by molar-refractivity contribution is -0.121. The Morgan fingerprint density at radius 2 is 1.74 bits per heavy atom. The highest BCUT2D eigenvalue weighted by molar-refractivity contribution is 5.82. The third kappa shape index (κ3) is 3.97. The molecule has 1 aromatic carbocycles. The molecular weight excluding hydrogens is 344 g/mol. The first kappa shape index (κ1) is 18.6. The van der Waals surface area contributed by atoms with Crippen molar-refractivity contribution in [2.45, 2.75) is 33.9 Å². The van der Waals surface area contributed by atoms with Crippen molar-refractivity contribution < 1.29 is 4.79 Å². The number of rotatable bonds is 5. The molecule has 0 aliphatic heterocycles. The Kier molecular flexibility index (Phi) is 5.21. The first-order valence-corrected chi connectivity index (χ1v) is 8.78. The highest BCUT2D eigenvalue weighted by Crippen LogP contribution is 2.12. The van der Waals surface area contributed by atoms with E-state index in [1.54, 1.807) is 19.1 Å². The Morgan fingerprint density at radius 3 is 2.48 bits per heavy atom. The molecule has 140 valence electrons. The normalized spacial score (nSPS) is 10.9. The molecule has 3 rings (SSSR count). The molecule has 0 saturated carbocycles. The summed E-state index contributed by atoms with van der Waals surface area (Å²) in [5.41, 5.74) is 2.57. The van der Waals surface area contributed by atoms with E-state index in [-0.39, 0.29) is 23.6 Å². The summed E-state index contributed by atoms with van der Waals surface area (Å²) in [6, 6.07) is 10.6. The number of hydrogen-bond donors (Lipinski definition) is 1. The zero-order valence-corrected chi connectivity index (χ0v) is 15.7. The van der Waals surface area contributed by atoms with Gasteiger partial charge in [-0.25, -0.2) is 4.79 Å². The Hall–Kier alpha value is -3.22. The number of fused-ring (bicyclic) bond motifs is 1.